The number of hydrogen-bond acceptors (Lipinski definition) is 3. The molecule has 1 amide bonds. The highest BCUT2D eigenvalue weighted by molar-refractivity contribution is 5.67. The number of hydrogen-bond donors (Lipinski definition) is 1. The Morgan fingerprint density at radius 1 is 1.33 bits per heavy atom. The highest BCUT2D eigenvalue weighted by Gasteiger charge is 2.30. The molecule has 0 bridgehead atoms. The van der Waals surface area contributed by atoms with Crippen LogP contribution in [-0.4, -0.2) is 36.9 Å². The van der Waals surface area contributed by atoms with E-state index < -0.39 is 0 Å². The van der Waals surface area contributed by atoms with E-state index >= 15 is 0 Å². The predicted octanol–water partition coefficient (Wildman–Crippen LogP) is 2.73. The van der Waals surface area contributed by atoms with Gasteiger partial charge in [-0.2, -0.15) is 0 Å². The van der Waals surface area contributed by atoms with E-state index in [4.69, 9.17) is 4.74 Å². The minimum atomic E-state index is -0.240. The molecule has 0 aromatic rings. The van der Waals surface area contributed by atoms with Crippen molar-refractivity contribution in [2.45, 2.75) is 58.0 Å². The molecule has 0 aromatic carbocycles. The molecule has 2 rings (SSSR count). The lowest BCUT2D eigenvalue weighted by Crippen LogP contribution is -2.51. The van der Waals surface area contributed by atoms with E-state index in [1.165, 1.54) is 25.7 Å². The number of alkyl carbamates (subject to hydrolysis) is 1. The van der Waals surface area contributed by atoms with Gasteiger partial charge in [-0.1, -0.05) is 13.3 Å². The maximum absolute atomic E-state index is 11.7. The largest absolute Gasteiger partial charge is 0.450 e. The van der Waals surface area contributed by atoms with Gasteiger partial charge in [0.1, 0.15) is 0 Å². The average molecular weight is 254 g/mol. The molecule has 2 fully saturated rings. The van der Waals surface area contributed by atoms with Crippen LogP contribution in [0.1, 0.15) is 51.9 Å². The monoisotopic (exact) mass is 254 g/mol. The number of piperidine rings is 1. The maximum Gasteiger partial charge on any atom is 0.408 e. The summed E-state index contributed by atoms with van der Waals surface area (Å²) in [5.74, 6) is 0.878. The van der Waals surface area contributed by atoms with Crippen molar-refractivity contribution in [2.75, 3.05) is 19.7 Å². The molecule has 1 aliphatic heterocycles. The number of ether oxygens (including phenoxy) is 1. The summed E-state index contributed by atoms with van der Waals surface area (Å²) in [6.07, 6.45) is 8.24. The zero-order valence-corrected chi connectivity index (χ0v) is 11.5. The van der Waals surface area contributed by atoms with Gasteiger partial charge in [-0.3, -0.25) is 4.90 Å². The van der Waals surface area contributed by atoms with Crippen LogP contribution in [0.5, 0.6) is 0 Å². The first-order valence-corrected chi connectivity index (χ1v) is 7.47. The van der Waals surface area contributed by atoms with E-state index in [1.54, 1.807) is 0 Å². The van der Waals surface area contributed by atoms with Crippen molar-refractivity contribution in [1.29, 1.82) is 0 Å². The predicted molar refractivity (Wildman–Crippen MR) is 71.3 cm³/mol. The molecule has 1 atom stereocenters. The van der Waals surface area contributed by atoms with Crippen LogP contribution in [0, 0.1) is 5.92 Å². The molecule has 4 heteroatoms. The molecular formula is C14H26N2O2. The Bertz CT molecular complexity index is 267. The van der Waals surface area contributed by atoms with E-state index in [0.29, 0.717) is 6.61 Å². The summed E-state index contributed by atoms with van der Waals surface area (Å²) < 4.78 is 5.18. The molecule has 0 radical (unpaired) electrons. The Kier molecular flexibility index (Phi) is 5.29. The summed E-state index contributed by atoms with van der Waals surface area (Å²) in [6.45, 7) is 4.91. The zero-order chi connectivity index (χ0) is 12.8. The van der Waals surface area contributed by atoms with Gasteiger partial charge in [0.05, 0.1) is 12.8 Å². The molecule has 1 N–H and O–H groups in total. The molecule has 1 saturated carbocycles. The molecule has 4 nitrogen and oxygen atoms in total. The van der Waals surface area contributed by atoms with Gasteiger partial charge in [-0.05, 0) is 44.4 Å². The fourth-order valence-electron chi connectivity index (χ4n) is 2.49. The first-order chi connectivity index (χ1) is 8.79. The molecule has 1 saturated heterocycles. The normalized spacial score (nSPS) is 24.8. The van der Waals surface area contributed by atoms with Gasteiger partial charge in [0.25, 0.3) is 0 Å². The molecule has 2 aliphatic rings. The van der Waals surface area contributed by atoms with Crippen molar-refractivity contribution in [3.8, 4) is 0 Å². The van der Waals surface area contributed by atoms with Crippen LogP contribution in [0.15, 0.2) is 0 Å². The Morgan fingerprint density at radius 2 is 2.17 bits per heavy atom. The lowest BCUT2D eigenvalue weighted by Gasteiger charge is -2.35. The summed E-state index contributed by atoms with van der Waals surface area (Å²) in [7, 11) is 0. The van der Waals surface area contributed by atoms with Gasteiger partial charge in [0.15, 0.2) is 0 Å². The molecule has 0 spiro atoms. The van der Waals surface area contributed by atoms with Crippen LogP contribution >= 0.6 is 0 Å². The first-order valence-electron chi connectivity index (χ1n) is 7.47. The van der Waals surface area contributed by atoms with Crippen LogP contribution in [0.4, 0.5) is 4.79 Å². The van der Waals surface area contributed by atoms with Crippen LogP contribution < -0.4 is 5.32 Å². The minimum absolute atomic E-state index is 0.202. The number of nitrogens with one attached hydrogen (secondary N) is 1. The highest BCUT2D eigenvalue weighted by atomic mass is 16.5. The third kappa shape index (κ3) is 4.48. The third-order valence-corrected chi connectivity index (χ3v) is 3.82. The molecule has 104 valence electrons. The molecule has 1 aliphatic carbocycles. The second-order valence-corrected chi connectivity index (χ2v) is 5.58. The molecule has 18 heavy (non-hydrogen) atoms. The fraction of sp³-hybridized carbons (Fsp3) is 0.929. The van der Waals surface area contributed by atoms with Crippen LogP contribution in [0.3, 0.4) is 0 Å². The number of unbranched alkanes of at least 4 members (excludes halogenated alkanes) is 1. The number of carbonyl (C=O) groups is 1. The summed E-state index contributed by atoms with van der Waals surface area (Å²) in [5, 5.41) is 3.03. The molecule has 0 aromatic heterocycles. The molecule has 1 heterocycles. The topological polar surface area (TPSA) is 41.6 Å². The van der Waals surface area contributed by atoms with E-state index in [9.17, 15) is 4.79 Å². The number of nitrogens with zero attached hydrogens (tertiary/aromatic N) is 1. The zero-order valence-electron chi connectivity index (χ0n) is 11.5. The Labute approximate surface area is 110 Å². The third-order valence-electron chi connectivity index (χ3n) is 3.82. The second-order valence-electron chi connectivity index (χ2n) is 5.58. The Morgan fingerprint density at radius 3 is 2.89 bits per heavy atom. The van der Waals surface area contributed by atoms with Crippen molar-refractivity contribution in [3.63, 3.8) is 0 Å². The Balaban J connectivity index is 1.71. The van der Waals surface area contributed by atoms with Gasteiger partial charge in [-0.25, -0.2) is 4.79 Å². The van der Waals surface area contributed by atoms with Gasteiger partial charge >= 0.3 is 6.09 Å². The summed E-state index contributed by atoms with van der Waals surface area (Å²) in [5.41, 5.74) is 0. The smallest absolute Gasteiger partial charge is 0.408 e. The van der Waals surface area contributed by atoms with Crippen LogP contribution in [0.2, 0.25) is 0 Å². The molecule has 1 unspecified atom stereocenters. The van der Waals surface area contributed by atoms with Gasteiger partial charge in [0, 0.05) is 13.1 Å². The van der Waals surface area contributed by atoms with Gasteiger partial charge in [-0.15, -0.1) is 0 Å². The highest BCUT2D eigenvalue weighted by Crippen LogP contribution is 2.31. The summed E-state index contributed by atoms with van der Waals surface area (Å²) >= 11 is 0. The molecular weight excluding hydrogens is 228 g/mol. The van der Waals surface area contributed by atoms with Crippen molar-refractivity contribution in [1.82, 2.24) is 10.2 Å². The van der Waals surface area contributed by atoms with E-state index in [-0.39, 0.29) is 12.3 Å². The quantitative estimate of drug-likeness (QED) is 0.741. The number of carbonyl (C=O) groups excluding carboxylic acids is 1. The first kappa shape index (κ1) is 13.7. The van der Waals surface area contributed by atoms with Gasteiger partial charge in [0.2, 0.25) is 0 Å². The summed E-state index contributed by atoms with van der Waals surface area (Å²) in [6, 6.07) is 0. The average Bonchev–Trinajstić information content (AvgIpc) is 3.16. The van der Waals surface area contributed by atoms with Crippen molar-refractivity contribution in [2.24, 2.45) is 5.92 Å². The lowest BCUT2D eigenvalue weighted by molar-refractivity contribution is 0.0907. The standard InChI is InChI=1S/C14H26N2O2/c1-2-3-10-18-14(17)15-13-6-4-5-9-16(13)11-12-7-8-12/h12-13H,2-11H2,1H3,(H,15,17). The maximum atomic E-state index is 11.7. The van der Waals surface area contributed by atoms with Gasteiger partial charge < -0.3 is 10.1 Å². The van der Waals surface area contributed by atoms with Crippen molar-refractivity contribution >= 4 is 6.09 Å². The van der Waals surface area contributed by atoms with Crippen LogP contribution in [-0.2, 0) is 4.74 Å². The van der Waals surface area contributed by atoms with Crippen molar-refractivity contribution < 1.29 is 9.53 Å². The SMILES string of the molecule is CCCCOC(=O)NC1CCCCN1CC1CC1. The second kappa shape index (κ2) is 6.98. The van der Waals surface area contributed by atoms with Crippen molar-refractivity contribution in [3.05, 3.63) is 0 Å². The Hall–Kier alpha value is -0.770. The number of rotatable bonds is 6. The van der Waals surface area contributed by atoms with E-state index in [2.05, 4.69) is 17.1 Å². The fourth-order valence-corrected chi connectivity index (χ4v) is 2.49. The minimum Gasteiger partial charge on any atom is -0.450 e. The van der Waals surface area contributed by atoms with Crippen LogP contribution in [0.25, 0.3) is 0 Å². The van der Waals surface area contributed by atoms with E-state index in [0.717, 1.165) is 38.3 Å². The lowest BCUT2D eigenvalue weighted by atomic mass is 10.1. The number of amides is 1. The summed E-state index contributed by atoms with van der Waals surface area (Å²) in [4.78, 5) is 14.1. The number of likely N-dealkylation sites (tertiary alicyclic amines) is 1. The van der Waals surface area contributed by atoms with E-state index in [1.807, 2.05) is 0 Å².